The molecule has 0 bridgehead atoms. The Kier molecular flexibility index (Phi) is 4.66. The lowest BCUT2D eigenvalue weighted by molar-refractivity contribution is 0.0270. The summed E-state index contributed by atoms with van der Waals surface area (Å²) in [6.07, 6.45) is 4.27. The Hall–Kier alpha value is -2.61. The molecule has 2 N–H and O–H groups in total. The number of carbonyl (C=O) groups excluding carboxylic acids is 1. The Bertz CT molecular complexity index is 766. The van der Waals surface area contributed by atoms with Gasteiger partial charge in [0, 0.05) is 6.07 Å². The molecule has 1 aromatic carbocycles. The van der Waals surface area contributed by atoms with Gasteiger partial charge in [-0.3, -0.25) is 14.6 Å². The van der Waals surface area contributed by atoms with Crippen LogP contribution in [-0.2, 0) is 4.84 Å². The molecule has 0 aliphatic heterocycles. The predicted octanol–water partition coefficient (Wildman–Crippen LogP) is 3.31. The van der Waals surface area contributed by atoms with Crippen molar-refractivity contribution in [2.45, 2.75) is 12.8 Å². The molecule has 1 aromatic heterocycles. The molecule has 8 heteroatoms. The number of hydrogen-bond donors (Lipinski definition) is 2. The van der Waals surface area contributed by atoms with Crippen molar-refractivity contribution < 1.29 is 22.8 Å². The number of amides is 1. The number of aromatic nitrogens is 1. The highest BCUT2D eigenvalue weighted by Gasteiger charge is 2.23. The van der Waals surface area contributed by atoms with Crippen molar-refractivity contribution in [3.8, 4) is 0 Å². The van der Waals surface area contributed by atoms with Crippen LogP contribution in [0.2, 0.25) is 0 Å². The summed E-state index contributed by atoms with van der Waals surface area (Å²) in [5, 5.41) is 2.48. The summed E-state index contributed by atoms with van der Waals surface area (Å²) in [6.45, 7) is 0.367. The van der Waals surface area contributed by atoms with Crippen LogP contribution in [0.5, 0.6) is 0 Å². The fourth-order valence-electron chi connectivity index (χ4n) is 2.05. The van der Waals surface area contributed by atoms with E-state index in [2.05, 4.69) is 15.8 Å². The minimum atomic E-state index is -1.26. The summed E-state index contributed by atoms with van der Waals surface area (Å²) in [5.74, 6) is -3.37. The number of pyridine rings is 1. The van der Waals surface area contributed by atoms with E-state index in [1.807, 2.05) is 0 Å². The van der Waals surface area contributed by atoms with Crippen LogP contribution in [0.15, 0.2) is 30.6 Å². The van der Waals surface area contributed by atoms with Crippen molar-refractivity contribution in [1.82, 2.24) is 10.5 Å². The standard InChI is InChI=1S/C16H14F3N3O2/c17-10-5-11(7-20-6-10)21-15-12(3-4-13(18)14(15)19)16(23)22-24-8-9-1-2-9/h3-7,9,21H,1-2,8H2,(H,22,23). The molecule has 1 amide bonds. The number of anilines is 2. The Balaban J connectivity index is 1.82. The van der Waals surface area contributed by atoms with E-state index < -0.39 is 29.0 Å². The second-order valence-electron chi connectivity index (χ2n) is 5.49. The summed E-state index contributed by atoms with van der Waals surface area (Å²) < 4.78 is 40.8. The van der Waals surface area contributed by atoms with E-state index >= 15 is 0 Å². The van der Waals surface area contributed by atoms with Gasteiger partial charge < -0.3 is 5.32 Å². The number of benzene rings is 1. The topological polar surface area (TPSA) is 63.2 Å². The first-order valence-corrected chi connectivity index (χ1v) is 7.32. The molecule has 1 aliphatic rings. The smallest absolute Gasteiger partial charge is 0.277 e. The third-order valence-corrected chi connectivity index (χ3v) is 3.49. The Morgan fingerprint density at radius 3 is 2.75 bits per heavy atom. The molecule has 0 atom stereocenters. The first-order chi connectivity index (χ1) is 11.5. The van der Waals surface area contributed by atoms with Gasteiger partial charge in [0.15, 0.2) is 11.6 Å². The second kappa shape index (κ2) is 6.88. The van der Waals surface area contributed by atoms with Crippen LogP contribution in [0.1, 0.15) is 23.2 Å². The molecular formula is C16H14F3N3O2. The zero-order chi connectivity index (χ0) is 17.1. The maximum absolute atomic E-state index is 14.1. The van der Waals surface area contributed by atoms with Gasteiger partial charge in [-0.2, -0.15) is 0 Å². The fourth-order valence-corrected chi connectivity index (χ4v) is 2.05. The number of hydrogen-bond acceptors (Lipinski definition) is 4. The van der Waals surface area contributed by atoms with Crippen molar-refractivity contribution >= 4 is 17.3 Å². The summed E-state index contributed by atoms with van der Waals surface area (Å²) in [6, 6.07) is 2.99. The number of hydroxylamine groups is 1. The first-order valence-electron chi connectivity index (χ1n) is 7.32. The molecule has 0 unspecified atom stereocenters. The van der Waals surface area contributed by atoms with Crippen LogP contribution < -0.4 is 10.8 Å². The van der Waals surface area contributed by atoms with E-state index in [0.717, 1.165) is 37.2 Å². The highest BCUT2D eigenvalue weighted by atomic mass is 19.2. The number of nitrogens with zero attached hydrogens (tertiary/aromatic N) is 1. The van der Waals surface area contributed by atoms with E-state index in [-0.39, 0.29) is 11.3 Å². The number of nitrogens with one attached hydrogen (secondary N) is 2. The van der Waals surface area contributed by atoms with Crippen LogP contribution in [0.3, 0.4) is 0 Å². The quantitative estimate of drug-likeness (QED) is 0.794. The lowest BCUT2D eigenvalue weighted by Crippen LogP contribution is -2.26. The van der Waals surface area contributed by atoms with Gasteiger partial charge in [0.25, 0.3) is 5.91 Å². The molecule has 1 fully saturated rings. The Morgan fingerprint density at radius 2 is 2.04 bits per heavy atom. The predicted molar refractivity (Wildman–Crippen MR) is 80.0 cm³/mol. The molecule has 0 radical (unpaired) electrons. The fraction of sp³-hybridized carbons (Fsp3) is 0.250. The van der Waals surface area contributed by atoms with Gasteiger partial charge in [0.05, 0.1) is 35.9 Å². The van der Waals surface area contributed by atoms with Gasteiger partial charge in [-0.05, 0) is 30.9 Å². The van der Waals surface area contributed by atoms with Gasteiger partial charge in [-0.25, -0.2) is 18.7 Å². The van der Waals surface area contributed by atoms with E-state index in [4.69, 9.17) is 4.84 Å². The first kappa shape index (κ1) is 16.3. The average molecular weight is 337 g/mol. The lowest BCUT2D eigenvalue weighted by atomic mass is 10.1. The largest absolute Gasteiger partial charge is 0.351 e. The van der Waals surface area contributed by atoms with Crippen LogP contribution in [0.4, 0.5) is 24.5 Å². The van der Waals surface area contributed by atoms with Crippen molar-refractivity contribution in [3.05, 3.63) is 53.6 Å². The minimum Gasteiger partial charge on any atom is -0.351 e. The molecule has 24 heavy (non-hydrogen) atoms. The van der Waals surface area contributed by atoms with Crippen molar-refractivity contribution in [1.29, 1.82) is 0 Å². The van der Waals surface area contributed by atoms with Gasteiger partial charge >= 0.3 is 0 Å². The molecule has 1 aliphatic carbocycles. The highest BCUT2D eigenvalue weighted by Crippen LogP contribution is 2.29. The summed E-state index contributed by atoms with van der Waals surface area (Å²) in [7, 11) is 0. The molecule has 1 heterocycles. The number of carbonyl (C=O) groups is 1. The zero-order valence-corrected chi connectivity index (χ0v) is 12.5. The molecule has 2 aromatic rings. The van der Waals surface area contributed by atoms with Crippen molar-refractivity contribution in [2.75, 3.05) is 11.9 Å². The average Bonchev–Trinajstić information content (AvgIpc) is 3.36. The van der Waals surface area contributed by atoms with E-state index in [1.54, 1.807) is 0 Å². The number of rotatable bonds is 6. The molecule has 0 spiro atoms. The lowest BCUT2D eigenvalue weighted by Gasteiger charge is -2.13. The number of halogens is 3. The molecule has 3 rings (SSSR count). The minimum absolute atomic E-state index is 0.0763. The third kappa shape index (κ3) is 3.83. The van der Waals surface area contributed by atoms with Gasteiger partial charge in [0.1, 0.15) is 5.82 Å². The van der Waals surface area contributed by atoms with E-state index in [9.17, 15) is 18.0 Å². The monoisotopic (exact) mass is 337 g/mol. The zero-order valence-electron chi connectivity index (χ0n) is 12.5. The maximum atomic E-state index is 14.1. The summed E-state index contributed by atoms with van der Waals surface area (Å²) in [5.41, 5.74) is 1.68. The molecule has 5 nitrogen and oxygen atoms in total. The van der Waals surface area contributed by atoms with E-state index in [1.165, 1.54) is 6.20 Å². The summed E-state index contributed by atoms with van der Waals surface area (Å²) in [4.78, 5) is 20.8. The van der Waals surface area contributed by atoms with Crippen molar-refractivity contribution in [3.63, 3.8) is 0 Å². The molecule has 0 saturated heterocycles. The van der Waals surface area contributed by atoms with E-state index in [0.29, 0.717) is 12.5 Å². The van der Waals surface area contributed by atoms with Crippen LogP contribution in [0.25, 0.3) is 0 Å². The molecule has 1 saturated carbocycles. The Morgan fingerprint density at radius 1 is 1.25 bits per heavy atom. The normalized spacial score (nSPS) is 13.6. The third-order valence-electron chi connectivity index (χ3n) is 3.49. The second-order valence-corrected chi connectivity index (χ2v) is 5.49. The van der Waals surface area contributed by atoms with Crippen LogP contribution in [0, 0.1) is 23.4 Å². The molecular weight excluding hydrogens is 323 g/mol. The van der Waals surface area contributed by atoms with Crippen LogP contribution >= 0.6 is 0 Å². The molecule has 126 valence electrons. The summed E-state index contributed by atoms with van der Waals surface area (Å²) >= 11 is 0. The Labute approximate surface area is 135 Å². The highest BCUT2D eigenvalue weighted by molar-refractivity contribution is 5.99. The van der Waals surface area contributed by atoms with Gasteiger partial charge in [-0.15, -0.1) is 0 Å². The van der Waals surface area contributed by atoms with Gasteiger partial charge in [-0.1, -0.05) is 0 Å². The SMILES string of the molecule is O=C(NOCC1CC1)c1ccc(F)c(F)c1Nc1cncc(F)c1. The van der Waals surface area contributed by atoms with Crippen molar-refractivity contribution in [2.24, 2.45) is 5.92 Å². The maximum Gasteiger partial charge on any atom is 0.277 e. The van der Waals surface area contributed by atoms with Crippen LogP contribution in [-0.4, -0.2) is 17.5 Å². The van der Waals surface area contributed by atoms with Gasteiger partial charge in [0.2, 0.25) is 0 Å².